The second kappa shape index (κ2) is 10.1. The maximum Gasteiger partial charge on any atom is 0.0303 e. The van der Waals surface area contributed by atoms with Gasteiger partial charge in [-0.2, -0.15) is 0 Å². The van der Waals surface area contributed by atoms with Gasteiger partial charge in [0.25, 0.3) is 0 Å². The van der Waals surface area contributed by atoms with E-state index in [9.17, 15) is 0 Å². The van der Waals surface area contributed by atoms with Crippen molar-refractivity contribution in [2.45, 2.75) is 26.2 Å². The Hall–Kier alpha value is -3.33. The van der Waals surface area contributed by atoms with E-state index in [0.717, 1.165) is 24.8 Å². The molecule has 0 atom stereocenters. The molecule has 0 aliphatic rings. The van der Waals surface area contributed by atoms with Gasteiger partial charge in [-0.3, -0.25) is 15.0 Å². The molecule has 0 spiro atoms. The summed E-state index contributed by atoms with van der Waals surface area (Å²) in [6.45, 7) is 5.61. The van der Waals surface area contributed by atoms with E-state index in [2.05, 4.69) is 58.1 Å². The molecule has 0 unspecified atom stereocenters. The zero-order valence-electron chi connectivity index (χ0n) is 16.3. The first-order valence-corrected chi connectivity index (χ1v) is 9.44. The molecule has 0 N–H and O–H groups in total. The van der Waals surface area contributed by atoms with Gasteiger partial charge < -0.3 is 0 Å². The fourth-order valence-electron chi connectivity index (χ4n) is 3.34. The van der Waals surface area contributed by atoms with E-state index in [1.54, 1.807) is 0 Å². The van der Waals surface area contributed by atoms with Crippen LogP contribution in [0.3, 0.4) is 0 Å². The van der Waals surface area contributed by atoms with Gasteiger partial charge in [0.2, 0.25) is 0 Å². The summed E-state index contributed by atoms with van der Waals surface area (Å²) in [5.41, 5.74) is 7.41. The Morgan fingerprint density at radius 2 is 1.46 bits per heavy atom. The van der Waals surface area contributed by atoms with E-state index >= 15 is 0 Å². The van der Waals surface area contributed by atoms with Crippen LogP contribution in [0, 0.1) is 0 Å². The number of aromatic nitrogens is 2. The fourth-order valence-corrected chi connectivity index (χ4v) is 3.34. The van der Waals surface area contributed by atoms with Crippen molar-refractivity contribution in [3.63, 3.8) is 0 Å². The molecule has 3 aromatic rings. The molecule has 28 heavy (non-hydrogen) atoms. The molecular formula is C25H25N3. The van der Waals surface area contributed by atoms with E-state index < -0.39 is 0 Å². The van der Waals surface area contributed by atoms with Crippen molar-refractivity contribution in [1.82, 2.24) is 9.97 Å². The molecule has 0 fully saturated rings. The summed E-state index contributed by atoms with van der Waals surface area (Å²) in [4.78, 5) is 12.4. The molecule has 1 aromatic carbocycles. The summed E-state index contributed by atoms with van der Waals surface area (Å²) in [7, 11) is 0. The van der Waals surface area contributed by atoms with Gasteiger partial charge >= 0.3 is 0 Å². The molecule has 3 rings (SSSR count). The summed E-state index contributed by atoms with van der Waals surface area (Å²) < 4.78 is 0. The average Bonchev–Trinajstić information content (AvgIpc) is 2.70. The number of aliphatic imine (C=N–C) groups is 1. The molecule has 3 nitrogen and oxygen atoms in total. The van der Waals surface area contributed by atoms with Crippen molar-refractivity contribution in [1.29, 1.82) is 0 Å². The van der Waals surface area contributed by atoms with Gasteiger partial charge in [0.15, 0.2) is 0 Å². The summed E-state index contributed by atoms with van der Waals surface area (Å²) in [5, 5.41) is 0. The van der Waals surface area contributed by atoms with Crippen molar-refractivity contribution in [3.8, 4) is 0 Å². The van der Waals surface area contributed by atoms with E-state index in [4.69, 9.17) is 0 Å². The van der Waals surface area contributed by atoms with Crippen LogP contribution in [0.4, 0.5) is 0 Å². The lowest BCUT2D eigenvalue weighted by molar-refractivity contribution is 1.07. The second-order valence-electron chi connectivity index (χ2n) is 6.80. The van der Waals surface area contributed by atoms with Crippen LogP contribution in [-0.4, -0.2) is 16.7 Å². The van der Waals surface area contributed by atoms with Crippen LogP contribution >= 0.6 is 0 Å². The van der Waals surface area contributed by atoms with Crippen LogP contribution in [0.25, 0.3) is 0 Å². The van der Waals surface area contributed by atoms with Crippen molar-refractivity contribution in [2.24, 2.45) is 4.99 Å². The topological polar surface area (TPSA) is 38.1 Å². The van der Waals surface area contributed by atoms with E-state index in [0.29, 0.717) is 0 Å². The Labute approximate surface area is 167 Å². The highest BCUT2D eigenvalue weighted by Crippen LogP contribution is 2.20. The lowest BCUT2D eigenvalue weighted by atomic mass is 9.94. The number of pyridine rings is 2. The van der Waals surface area contributed by atoms with Gasteiger partial charge in [0.05, 0.1) is 0 Å². The van der Waals surface area contributed by atoms with Crippen molar-refractivity contribution < 1.29 is 0 Å². The van der Waals surface area contributed by atoms with Crippen LogP contribution < -0.4 is 0 Å². The number of allylic oxidation sites excluding steroid dienone is 3. The third-order valence-electron chi connectivity index (χ3n) is 4.42. The monoisotopic (exact) mass is 367 g/mol. The Morgan fingerprint density at radius 3 is 1.93 bits per heavy atom. The zero-order chi connectivity index (χ0) is 19.6. The van der Waals surface area contributed by atoms with Gasteiger partial charge in [0, 0.05) is 31.0 Å². The van der Waals surface area contributed by atoms with Crippen molar-refractivity contribution in [3.05, 3.63) is 119 Å². The number of hydrogen-bond acceptors (Lipinski definition) is 3. The molecule has 0 bridgehead atoms. The lowest BCUT2D eigenvalue weighted by Crippen LogP contribution is -1.98. The molecule has 0 aliphatic carbocycles. The van der Waals surface area contributed by atoms with Crippen LogP contribution in [0.15, 0.2) is 96.2 Å². The quantitative estimate of drug-likeness (QED) is 0.397. The molecular weight excluding hydrogens is 342 g/mol. The zero-order valence-corrected chi connectivity index (χ0v) is 16.3. The lowest BCUT2D eigenvalue weighted by Gasteiger charge is -2.11. The Kier molecular flexibility index (Phi) is 7.02. The number of nitrogens with zero attached hydrogens (tertiary/aromatic N) is 3. The molecule has 0 amide bonds. The molecule has 2 heterocycles. The second-order valence-corrected chi connectivity index (χ2v) is 6.80. The molecule has 0 saturated heterocycles. The summed E-state index contributed by atoms with van der Waals surface area (Å²) in [6, 6.07) is 15.0. The Morgan fingerprint density at radius 1 is 0.893 bits per heavy atom. The molecule has 3 heteroatoms. The number of hydrogen-bond donors (Lipinski definition) is 0. The third kappa shape index (κ3) is 5.85. The first kappa shape index (κ1) is 19.4. The van der Waals surface area contributed by atoms with Crippen LogP contribution in [0.1, 0.15) is 34.7 Å². The molecule has 0 aliphatic heterocycles. The first-order chi connectivity index (χ1) is 13.8. The largest absolute Gasteiger partial charge is 0.272 e. The highest BCUT2D eigenvalue weighted by molar-refractivity contribution is 5.39. The maximum absolute atomic E-state index is 4.24. The smallest absolute Gasteiger partial charge is 0.0303 e. The van der Waals surface area contributed by atoms with Crippen LogP contribution in [0.2, 0.25) is 0 Å². The molecule has 0 radical (unpaired) electrons. The summed E-state index contributed by atoms with van der Waals surface area (Å²) >= 11 is 0. The Bertz CT molecular complexity index is 898. The molecule has 2 aromatic heterocycles. The minimum Gasteiger partial charge on any atom is -0.272 e. The SMILES string of the molecule is C=N/C=C(\C=C/C)Cc1cc(Cc2cccnc2)cc(Cc2cccnc2)c1. The van der Waals surface area contributed by atoms with Crippen molar-refractivity contribution >= 4 is 6.72 Å². The predicted octanol–water partition coefficient (Wildman–Crippen LogP) is 5.36. The van der Waals surface area contributed by atoms with Crippen LogP contribution in [0.5, 0.6) is 0 Å². The minimum atomic E-state index is 0.824. The molecule has 140 valence electrons. The summed E-state index contributed by atoms with van der Waals surface area (Å²) in [5.74, 6) is 0. The van der Waals surface area contributed by atoms with Gasteiger partial charge in [0.1, 0.15) is 0 Å². The Balaban J connectivity index is 1.93. The van der Waals surface area contributed by atoms with Gasteiger partial charge in [-0.25, -0.2) is 0 Å². The predicted molar refractivity (Wildman–Crippen MR) is 117 cm³/mol. The highest BCUT2D eigenvalue weighted by atomic mass is 14.6. The number of benzene rings is 1. The number of rotatable bonds is 8. The van der Waals surface area contributed by atoms with Gasteiger partial charge in [-0.05, 0) is 78.4 Å². The highest BCUT2D eigenvalue weighted by Gasteiger charge is 2.06. The van der Waals surface area contributed by atoms with E-state index in [1.807, 2.05) is 56.1 Å². The summed E-state index contributed by atoms with van der Waals surface area (Å²) in [6.07, 6.45) is 16.0. The average molecular weight is 367 g/mol. The normalized spacial score (nSPS) is 11.7. The van der Waals surface area contributed by atoms with Crippen molar-refractivity contribution in [2.75, 3.05) is 0 Å². The maximum atomic E-state index is 4.24. The van der Waals surface area contributed by atoms with Crippen LogP contribution in [-0.2, 0) is 19.3 Å². The van der Waals surface area contributed by atoms with Gasteiger partial charge in [-0.15, -0.1) is 0 Å². The standard InChI is InChI=1S/C25H25N3/c1-3-6-20(17-26-2)11-23-14-24(12-21-7-4-9-27-18-21)16-25(15-23)13-22-8-5-10-28-19-22/h3-10,14-19H,2,11-13H2,1H3/b6-3-,20-17+. The third-order valence-corrected chi connectivity index (χ3v) is 4.42. The minimum absolute atomic E-state index is 0.824. The van der Waals surface area contributed by atoms with E-state index in [-0.39, 0.29) is 0 Å². The first-order valence-electron chi connectivity index (χ1n) is 9.44. The molecule has 0 saturated carbocycles. The van der Waals surface area contributed by atoms with E-state index in [1.165, 1.54) is 27.8 Å². The van der Waals surface area contributed by atoms with Gasteiger partial charge in [-0.1, -0.05) is 42.5 Å². The fraction of sp³-hybridized carbons (Fsp3) is 0.160.